The Kier molecular flexibility index (Phi) is 5.16. The minimum Gasteiger partial charge on any atom is -0.496 e. The van der Waals surface area contributed by atoms with E-state index in [1.807, 2.05) is 18.2 Å². The van der Waals surface area contributed by atoms with Crippen LogP contribution in [0.3, 0.4) is 0 Å². The molecule has 1 aromatic rings. The number of methoxy groups -OCH3 is 1. The minimum absolute atomic E-state index is 0.0296. The normalized spacial score (nSPS) is 19.1. The average Bonchev–Trinajstić information content (AvgIpc) is 2.78. The molecule has 1 atom stereocenters. The van der Waals surface area contributed by atoms with Gasteiger partial charge in [0.15, 0.2) is 0 Å². The summed E-state index contributed by atoms with van der Waals surface area (Å²) < 4.78 is 28.6. The number of halogens is 2. The number of rotatable bonds is 5. The van der Waals surface area contributed by atoms with Crippen molar-refractivity contribution in [1.29, 1.82) is 0 Å². The van der Waals surface area contributed by atoms with E-state index in [1.165, 1.54) is 0 Å². The van der Waals surface area contributed by atoms with Gasteiger partial charge in [0.05, 0.1) is 11.6 Å². The van der Waals surface area contributed by atoms with Crippen molar-refractivity contribution in [2.45, 2.75) is 18.1 Å². The third-order valence-corrected chi connectivity index (χ3v) is 5.95. The predicted octanol–water partition coefficient (Wildman–Crippen LogP) is 2.17. The molecule has 2 rings (SSSR count). The number of amides is 1. The van der Waals surface area contributed by atoms with Crippen LogP contribution in [-0.4, -0.2) is 44.7 Å². The first-order valence-electron chi connectivity index (χ1n) is 6.35. The standard InChI is InChI=1S/C13H15BrClNO4S/c1-20-12-3-2-9(6-11(12)14)4-5-16-8-10(7-13(16)17)21(15,18)19/h2-3,6,10H,4-5,7-8H2,1H3. The predicted molar refractivity (Wildman–Crippen MR) is 84.2 cm³/mol. The molecule has 1 aromatic carbocycles. The van der Waals surface area contributed by atoms with E-state index in [-0.39, 0.29) is 18.9 Å². The van der Waals surface area contributed by atoms with Gasteiger partial charge in [-0.2, -0.15) is 0 Å². The Morgan fingerprint density at radius 1 is 1.48 bits per heavy atom. The van der Waals surface area contributed by atoms with Gasteiger partial charge in [-0.15, -0.1) is 0 Å². The second kappa shape index (κ2) is 6.54. The van der Waals surface area contributed by atoms with Crippen molar-refractivity contribution >= 4 is 41.6 Å². The molecule has 0 aromatic heterocycles. The molecular weight excluding hydrogens is 382 g/mol. The highest BCUT2D eigenvalue weighted by Crippen LogP contribution is 2.26. The Labute approximate surface area is 136 Å². The molecule has 0 aliphatic carbocycles. The van der Waals surface area contributed by atoms with Gasteiger partial charge in [0.1, 0.15) is 11.0 Å². The highest BCUT2D eigenvalue weighted by molar-refractivity contribution is 9.10. The minimum atomic E-state index is -3.68. The van der Waals surface area contributed by atoms with Crippen molar-refractivity contribution in [3.8, 4) is 5.75 Å². The Morgan fingerprint density at radius 3 is 2.71 bits per heavy atom. The van der Waals surface area contributed by atoms with Gasteiger partial charge >= 0.3 is 0 Å². The van der Waals surface area contributed by atoms with Gasteiger partial charge in [-0.3, -0.25) is 4.79 Å². The second-order valence-corrected chi connectivity index (χ2v) is 8.62. The fourth-order valence-electron chi connectivity index (χ4n) is 2.27. The van der Waals surface area contributed by atoms with Crippen molar-refractivity contribution in [2.24, 2.45) is 0 Å². The summed E-state index contributed by atoms with van der Waals surface area (Å²) in [4.78, 5) is 13.3. The molecule has 21 heavy (non-hydrogen) atoms. The van der Waals surface area contributed by atoms with Crippen LogP contribution >= 0.6 is 26.6 Å². The lowest BCUT2D eigenvalue weighted by Gasteiger charge is -2.16. The van der Waals surface area contributed by atoms with Gasteiger partial charge in [0.2, 0.25) is 15.0 Å². The van der Waals surface area contributed by atoms with Crippen LogP contribution in [-0.2, 0) is 20.3 Å². The van der Waals surface area contributed by atoms with Crippen molar-refractivity contribution in [1.82, 2.24) is 4.90 Å². The molecule has 5 nitrogen and oxygen atoms in total. The van der Waals surface area contributed by atoms with Crippen molar-refractivity contribution < 1.29 is 17.9 Å². The lowest BCUT2D eigenvalue weighted by Crippen LogP contribution is -2.29. The summed E-state index contributed by atoms with van der Waals surface area (Å²) in [5.74, 6) is 0.570. The molecule has 1 saturated heterocycles. The van der Waals surface area contributed by atoms with Gasteiger partial charge in [-0.05, 0) is 40.0 Å². The monoisotopic (exact) mass is 395 g/mol. The zero-order valence-electron chi connectivity index (χ0n) is 11.4. The number of nitrogens with zero attached hydrogens (tertiary/aromatic N) is 1. The van der Waals surface area contributed by atoms with E-state index < -0.39 is 14.3 Å². The maximum absolute atomic E-state index is 11.8. The van der Waals surface area contributed by atoms with Crippen LogP contribution in [0, 0.1) is 0 Å². The van der Waals surface area contributed by atoms with E-state index >= 15 is 0 Å². The molecule has 0 N–H and O–H groups in total. The van der Waals surface area contributed by atoms with Gasteiger partial charge in [0, 0.05) is 30.2 Å². The molecule has 0 saturated carbocycles. The molecule has 116 valence electrons. The lowest BCUT2D eigenvalue weighted by atomic mass is 10.1. The lowest BCUT2D eigenvalue weighted by molar-refractivity contribution is -0.127. The molecule has 0 bridgehead atoms. The number of hydrogen-bond donors (Lipinski definition) is 0. The third-order valence-electron chi connectivity index (χ3n) is 3.46. The first-order valence-corrected chi connectivity index (χ1v) is 9.51. The van der Waals surface area contributed by atoms with Crippen LogP contribution in [0.25, 0.3) is 0 Å². The van der Waals surface area contributed by atoms with Crippen molar-refractivity contribution in [2.75, 3.05) is 20.2 Å². The number of benzene rings is 1. The maximum Gasteiger partial charge on any atom is 0.237 e. The van der Waals surface area contributed by atoms with Gasteiger partial charge in [0.25, 0.3) is 0 Å². The first kappa shape index (κ1) is 16.6. The molecule has 1 amide bonds. The summed E-state index contributed by atoms with van der Waals surface area (Å²) in [6, 6.07) is 5.69. The van der Waals surface area contributed by atoms with Crippen molar-refractivity contribution in [3.05, 3.63) is 28.2 Å². The zero-order chi connectivity index (χ0) is 15.6. The summed E-state index contributed by atoms with van der Waals surface area (Å²) in [5, 5.41) is -0.797. The SMILES string of the molecule is COc1ccc(CCN2CC(S(=O)(=O)Cl)CC2=O)cc1Br. The largest absolute Gasteiger partial charge is 0.496 e. The van der Waals surface area contributed by atoms with Crippen LogP contribution in [0.15, 0.2) is 22.7 Å². The molecule has 1 aliphatic rings. The highest BCUT2D eigenvalue weighted by atomic mass is 79.9. The average molecular weight is 397 g/mol. The van der Waals surface area contributed by atoms with Gasteiger partial charge in [-0.1, -0.05) is 6.07 Å². The Morgan fingerprint density at radius 2 is 2.19 bits per heavy atom. The molecular formula is C13H15BrClNO4S. The van der Waals surface area contributed by atoms with Crippen LogP contribution in [0.4, 0.5) is 0 Å². The summed E-state index contributed by atoms with van der Waals surface area (Å²) >= 11 is 3.41. The molecule has 1 fully saturated rings. The number of likely N-dealkylation sites (tertiary alicyclic amines) is 1. The van der Waals surface area contributed by atoms with Crippen LogP contribution in [0.2, 0.25) is 0 Å². The molecule has 1 heterocycles. The van der Waals surface area contributed by atoms with E-state index in [1.54, 1.807) is 12.0 Å². The van der Waals surface area contributed by atoms with E-state index in [2.05, 4.69) is 15.9 Å². The summed E-state index contributed by atoms with van der Waals surface area (Å²) in [6.45, 7) is 0.641. The molecule has 0 spiro atoms. The molecule has 1 unspecified atom stereocenters. The topological polar surface area (TPSA) is 63.7 Å². The molecule has 8 heteroatoms. The summed E-state index contributed by atoms with van der Waals surface area (Å²) in [7, 11) is 3.23. The summed E-state index contributed by atoms with van der Waals surface area (Å²) in [5.41, 5.74) is 1.03. The smallest absolute Gasteiger partial charge is 0.237 e. The zero-order valence-corrected chi connectivity index (χ0v) is 14.5. The number of ether oxygens (including phenoxy) is 1. The van der Waals surface area contributed by atoms with Crippen LogP contribution in [0.1, 0.15) is 12.0 Å². The van der Waals surface area contributed by atoms with Gasteiger partial charge in [-0.25, -0.2) is 8.42 Å². The molecule has 0 radical (unpaired) electrons. The number of hydrogen-bond acceptors (Lipinski definition) is 4. The van der Waals surface area contributed by atoms with E-state index in [0.717, 1.165) is 15.8 Å². The Hall–Kier alpha value is -0.790. The molecule has 1 aliphatic heterocycles. The Bertz CT molecular complexity index is 650. The van der Waals surface area contributed by atoms with Gasteiger partial charge < -0.3 is 9.64 Å². The van der Waals surface area contributed by atoms with Crippen LogP contribution in [0.5, 0.6) is 5.75 Å². The van der Waals surface area contributed by atoms with E-state index in [9.17, 15) is 13.2 Å². The maximum atomic E-state index is 11.8. The quantitative estimate of drug-likeness (QED) is 0.716. The first-order chi connectivity index (χ1) is 9.81. The number of carbonyl (C=O) groups is 1. The third kappa shape index (κ3) is 4.11. The Balaban J connectivity index is 1.97. The van der Waals surface area contributed by atoms with Crippen LogP contribution < -0.4 is 4.74 Å². The van der Waals surface area contributed by atoms with E-state index in [0.29, 0.717) is 13.0 Å². The fourth-order valence-corrected chi connectivity index (χ4v) is 3.92. The summed E-state index contributed by atoms with van der Waals surface area (Å²) in [6.07, 6.45) is 0.613. The number of carbonyl (C=O) groups excluding carboxylic acids is 1. The van der Waals surface area contributed by atoms with Crippen molar-refractivity contribution in [3.63, 3.8) is 0 Å². The second-order valence-electron chi connectivity index (χ2n) is 4.86. The highest BCUT2D eigenvalue weighted by Gasteiger charge is 2.36. The van der Waals surface area contributed by atoms with E-state index in [4.69, 9.17) is 15.4 Å². The fraction of sp³-hybridized carbons (Fsp3) is 0.462.